The van der Waals surface area contributed by atoms with Crippen molar-refractivity contribution in [2.24, 2.45) is 5.41 Å². The van der Waals surface area contributed by atoms with Crippen LogP contribution in [0.3, 0.4) is 0 Å². The maximum absolute atomic E-state index is 13.1. The molecule has 0 bridgehead atoms. The molecule has 4 aromatic rings. The van der Waals surface area contributed by atoms with Crippen LogP contribution in [0.25, 0.3) is 11.3 Å². The lowest BCUT2D eigenvalue weighted by Gasteiger charge is -2.20. The normalized spacial score (nSPS) is 11.6. The third-order valence-corrected chi connectivity index (χ3v) is 7.40. The number of nitrogens with one attached hydrogen (secondary N) is 1. The lowest BCUT2D eigenvalue weighted by molar-refractivity contribution is 0.0616. The van der Waals surface area contributed by atoms with Crippen LogP contribution in [-0.2, 0) is 13.1 Å². The van der Waals surface area contributed by atoms with Gasteiger partial charge in [0.25, 0.3) is 11.5 Å². The second-order valence-electron chi connectivity index (χ2n) is 8.71. The minimum atomic E-state index is -1.13. The number of rotatable bonds is 9. The molecule has 0 atom stereocenters. The first-order chi connectivity index (χ1) is 17.1. The van der Waals surface area contributed by atoms with Gasteiger partial charge in [0.1, 0.15) is 11.6 Å². The summed E-state index contributed by atoms with van der Waals surface area (Å²) in [5, 5.41) is 31.3. The van der Waals surface area contributed by atoms with E-state index in [1.807, 2.05) is 6.07 Å². The minimum Gasteiger partial charge on any atom is -0.506 e. The summed E-state index contributed by atoms with van der Waals surface area (Å²) in [7, 11) is 0. The lowest BCUT2D eigenvalue weighted by Crippen LogP contribution is -2.34. The number of thiophene rings is 2. The van der Waals surface area contributed by atoms with Gasteiger partial charge in [-0.15, -0.1) is 11.3 Å². The van der Waals surface area contributed by atoms with Crippen molar-refractivity contribution in [3.63, 3.8) is 0 Å². The van der Waals surface area contributed by atoms with Crippen molar-refractivity contribution in [3.05, 3.63) is 72.4 Å². The number of aromatic hydroxyl groups is 1. The summed E-state index contributed by atoms with van der Waals surface area (Å²) in [5.41, 5.74) is -0.864. The molecule has 12 heteroatoms. The second kappa shape index (κ2) is 10.4. The predicted molar refractivity (Wildman–Crippen MR) is 140 cm³/mol. The van der Waals surface area contributed by atoms with E-state index in [-0.39, 0.29) is 29.3 Å². The molecule has 3 N–H and O–H groups in total. The first-order valence-corrected chi connectivity index (χ1v) is 13.0. The molecule has 0 radical (unpaired) electrons. The Morgan fingerprint density at radius 2 is 2.00 bits per heavy atom. The van der Waals surface area contributed by atoms with Crippen molar-refractivity contribution in [2.45, 2.75) is 26.9 Å². The molecule has 0 unspecified atom stereocenters. The number of aromatic nitrogens is 3. The predicted octanol–water partition coefficient (Wildman–Crippen LogP) is 4.35. The number of halogens is 1. The highest BCUT2D eigenvalue weighted by Gasteiger charge is 2.31. The number of carbonyl (C=O) groups excluding carboxylic acids is 2. The number of ketones is 1. The van der Waals surface area contributed by atoms with E-state index in [0.29, 0.717) is 22.3 Å². The van der Waals surface area contributed by atoms with E-state index in [1.54, 1.807) is 36.7 Å². The first-order valence-electron chi connectivity index (χ1n) is 10.8. The highest BCUT2D eigenvalue weighted by atomic mass is 35.5. The van der Waals surface area contributed by atoms with Gasteiger partial charge in [0.15, 0.2) is 5.78 Å². The van der Waals surface area contributed by atoms with Gasteiger partial charge in [-0.05, 0) is 37.4 Å². The van der Waals surface area contributed by atoms with Gasteiger partial charge >= 0.3 is 0 Å². The maximum atomic E-state index is 13.1. The molecular formula is C24H23ClN4O5S2. The fourth-order valence-corrected chi connectivity index (χ4v) is 5.02. The molecule has 36 heavy (non-hydrogen) atoms. The number of aliphatic hydroxyl groups is 1. The average Bonchev–Trinajstić information content (AvgIpc) is 3.60. The number of carbonyl (C=O) groups is 2. The minimum absolute atomic E-state index is 0.106. The van der Waals surface area contributed by atoms with Crippen LogP contribution in [-0.4, -0.2) is 42.9 Å². The topological polar surface area (TPSA) is 126 Å². The van der Waals surface area contributed by atoms with Gasteiger partial charge in [0.2, 0.25) is 0 Å². The van der Waals surface area contributed by atoms with Gasteiger partial charge in [-0.1, -0.05) is 11.6 Å². The Morgan fingerprint density at radius 3 is 2.64 bits per heavy atom. The molecule has 0 fully saturated rings. The van der Waals surface area contributed by atoms with Crippen molar-refractivity contribution in [2.75, 3.05) is 11.9 Å². The molecule has 188 valence electrons. The summed E-state index contributed by atoms with van der Waals surface area (Å²) in [5.74, 6) is -0.691. The Labute approximate surface area is 219 Å². The molecule has 4 aromatic heterocycles. The third-order valence-electron chi connectivity index (χ3n) is 5.49. The Bertz CT molecular complexity index is 1470. The molecule has 4 heterocycles. The van der Waals surface area contributed by atoms with E-state index in [9.17, 15) is 24.6 Å². The van der Waals surface area contributed by atoms with E-state index >= 15 is 0 Å². The summed E-state index contributed by atoms with van der Waals surface area (Å²) >= 11 is 8.76. The summed E-state index contributed by atoms with van der Waals surface area (Å²) in [6, 6.07) is 8.00. The Hall–Kier alpha value is -3.25. The van der Waals surface area contributed by atoms with Crippen LogP contribution in [0.2, 0.25) is 4.34 Å². The second-order valence-corrected chi connectivity index (χ2v) is 11.3. The van der Waals surface area contributed by atoms with Crippen molar-refractivity contribution in [1.29, 1.82) is 0 Å². The van der Waals surface area contributed by atoms with E-state index < -0.39 is 23.5 Å². The van der Waals surface area contributed by atoms with Gasteiger partial charge in [0.05, 0.1) is 46.9 Å². The molecule has 0 aromatic carbocycles. The third kappa shape index (κ3) is 5.44. The molecule has 4 rings (SSSR count). The first kappa shape index (κ1) is 25.8. The number of pyridine rings is 1. The number of hydrogen-bond donors (Lipinski definition) is 3. The average molecular weight is 547 g/mol. The highest BCUT2D eigenvalue weighted by molar-refractivity contribution is 7.16. The zero-order chi connectivity index (χ0) is 26.0. The van der Waals surface area contributed by atoms with E-state index in [0.717, 1.165) is 14.1 Å². The van der Waals surface area contributed by atoms with Crippen molar-refractivity contribution in [1.82, 2.24) is 14.3 Å². The quantitative estimate of drug-likeness (QED) is 0.266. The molecule has 0 aliphatic heterocycles. The van der Waals surface area contributed by atoms with E-state index in [2.05, 4.69) is 10.4 Å². The number of Topliss-reactive ketones (excluding diaryl/α,β-unsaturated/α-hetero) is 1. The summed E-state index contributed by atoms with van der Waals surface area (Å²) in [4.78, 5) is 39.2. The molecule has 0 aliphatic rings. The van der Waals surface area contributed by atoms with E-state index in [1.165, 1.54) is 41.0 Å². The van der Waals surface area contributed by atoms with Crippen LogP contribution in [0, 0.1) is 5.41 Å². The van der Waals surface area contributed by atoms with Crippen LogP contribution in [0.1, 0.15) is 33.9 Å². The van der Waals surface area contributed by atoms with Gasteiger partial charge in [-0.2, -0.15) is 21.1 Å². The Balaban J connectivity index is 1.68. The largest absolute Gasteiger partial charge is 0.506 e. The maximum Gasteiger partial charge on any atom is 0.256 e. The van der Waals surface area contributed by atoms with Gasteiger partial charge < -0.3 is 20.1 Å². The molecule has 0 amide bonds. The summed E-state index contributed by atoms with van der Waals surface area (Å²) < 4.78 is 2.86. The standard InChI is InChI=1S/C24H23ClN4O5S2/c1-24(2,13-30)23(34)29-21(26-9-15-3-4-20(25)36-15)8-17(27-29)16-7-22(33)28(11-19(16)32)10-18(31)14-5-6-35-12-14/h3-8,11-12,26,30,32H,9-10,13H2,1-2H3. The fourth-order valence-electron chi connectivity index (χ4n) is 3.33. The Kier molecular flexibility index (Phi) is 7.46. The van der Waals surface area contributed by atoms with Crippen LogP contribution in [0.4, 0.5) is 5.82 Å². The number of hydrogen-bond acceptors (Lipinski definition) is 9. The number of aliphatic hydroxyl groups excluding tert-OH is 1. The van der Waals surface area contributed by atoms with Crippen LogP contribution in [0.5, 0.6) is 5.75 Å². The summed E-state index contributed by atoms with van der Waals surface area (Å²) in [6.07, 6.45) is 1.18. The molecule has 9 nitrogen and oxygen atoms in total. The SMILES string of the molecule is CC(C)(CO)C(=O)n1nc(-c2cc(=O)n(CC(=O)c3ccsc3)cc2O)cc1NCc1ccc(Cl)s1. The number of nitrogens with zero attached hydrogens (tertiary/aromatic N) is 3. The number of anilines is 1. The highest BCUT2D eigenvalue weighted by Crippen LogP contribution is 2.31. The molecular weight excluding hydrogens is 524 g/mol. The Morgan fingerprint density at radius 1 is 1.22 bits per heavy atom. The molecule has 0 aliphatic carbocycles. The summed E-state index contributed by atoms with van der Waals surface area (Å²) in [6.45, 7) is 2.90. The van der Waals surface area contributed by atoms with Crippen molar-refractivity contribution < 1.29 is 19.8 Å². The zero-order valence-corrected chi connectivity index (χ0v) is 21.8. The molecule has 0 saturated carbocycles. The van der Waals surface area contributed by atoms with Gasteiger partial charge in [-0.3, -0.25) is 14.4 Å². The van der Waals surface area contributed by atoms with Crippen LogP contribution in [0.15, 0.2) is 52.1 Å². The lowest BCUT2D eigenvalue weighted by atomic mass is 9.94. The molecule has 0 saturated heterocycles. The zero-order valence-electron chi connectivity index (χ0n) is 19.4. The fraction of sp³-hybridized carbons (Fsp3) is 0.250. The van der Waals surface area contributed by atoms with Gasteiger partial charge in [0, 0.05) is 28.0 Å². The van der Waals surface area contributed by atoms with E-state index in [4.69, 9.17) is 11.6 Å². The smallest absolute Gasteiger partial charge is 0.256 e. The monoisotopic (exact) mass is 546 g/mol. The van der Waals surface area contributed by atoms with Crippen molar-refractivity contribution in [3.8, 4) is 17.0 Å². The van der Waals surface area contributed by atoms with Crippen LogP contribution >= 0.6 is 34.3 Å². The van der Waals surface area contributed by atoms with Gasteiger partial charge in [-0.25, -0.2) is 0 Å². The van der Waals surface area contributed by atoms with Crippen LogP contribution < -0.4 is 10.9 Å². The molecule has 0 spiro atoms. The van der Waals surface area contributed by atoms with Crippen molar-refractivity contribution >= 4 is 51.8 Å².